The molecule has 0 aromatic carbocycles. The number of halogens is 2. The van der Waals surface area contributed by atoms with Crippen LogP contribution in [-0.2, 0) is 14.3 Å². The van der Waals surface area contributed by atoms with Crippen molar-refractivity contribution in [2.24, 2.45) is 5.92 Å². The van der Waals surface area contributed by atoms with Gasteiger partial charge in [0.15, 0.2) is 0 Å². The number of fused-ring (bicyclic) bond motifs is 1. The van der Waals surface area contributed by atoms with E-state index in [4.69, 9.17) is 9.47 Å². The van der Waals surface area contributed by atoms with Crippen LogP contribution in [0.25, 0.3) is 0 Å². The SMILES string of the molecule is C=CCOC(=O)C1CC(OC(=O)N2CC(F)(F)C3NCCC32)C1. The number of ether oxygens (including phenoxy) is 2. The molecule has 3 rings (SSSR count). The van der Waals surface area contributed by atoms with Gasteiger partial charge in [-0.15, -0.1) is 0 Å². The summed E-state index contributed by atoms with van der Waals surface area (Å²) in [4.78, 5) is 24.8. The molecule has 1 saturated carbocycles. The zero-order chi connectivity index (χ0) is 16.6. The van der Waals surface area contributed by atoms with Crippen LogP contribution in [0.1, 0.15) is 19.3 Å². The average Bonchev–Trinajstić information content (AvgIpc) is 3.03. The molecule has 0 bridgehead atoms. The Balaban J connectivity index is 1.48. The van der Waals surface area contributed by atoms with Crippen LogP contribution < -0.4 is 5.32 Å². The first-order valence-electron chi connectivity index (χ1n) is 7.78. The van der Waals surface area contributed by atoms with E-state index in [1.165, 1.54) is 6.08 Å². The molecule has 0 spiro atoms. The van der Waals surface area contributed by atoms with E-state index in [1.54, 1.807) is 0 Å². The molecule has 0 radical (unpaired) electrons. The standard InChI is InChI=1S/C15H20F2N2O4/c1-2-5-22-13(20)9-6-10(7-9)23-14(21)19-8-15(16,17)12-11(19)3-4-18-12/h2,9-12,18H,1,3-8H2. The van der Waals surface area contributed by atoms with E-state index in [9.17, 15) is 18.4 Å². The second kappa shape index (κ2) is 6.07. The van der Waals surface area contributed by atoms with Crippen LogP contribution in [0.3, 0.4) is 0 Å². The summed E-state index contributed by atoms with van der Waals surface area (Å²) in [5.74, 6) is -3.57. The van der Waals surface area contributed by atoms with Crippen LogP contribution >= 0.6 is 0 Å². The number of esters is 1. The van der Waals surface area contributed by atoms with Crippen molar-refractivity contribution in [2.75, 3.05) is 19.7 Å². The van der Waals surface area contributed by atoms with Crippen molar-refractivity contribution in [3.8, 4) is 0 Å². The smallest absolute Gasteiger partial charge is 0.410 e. The molecule has 2 unspecified atom stereocenters. The maximum atomic E-state index is 13.8. The zero-order valence-electron chi connectivity index (χ0n) is 12.7. The predicted octanol–water partition coefficient (Wildman–Crippen LogP) is 1.31. The Hall–Kier alpha value is -1.70. The quantitative estimate of drug-likeness (QED) is 0.622. The fourth-order valence-electron chi connectivity index (χ4n) is 3.42. The first kappa shape index (κ1) is 16.2. The first-order chi connectivity index (χ1) is 10.9. The number of nitrogens with zero attached hydrogens (tertiary/aromatic N) is 1. The van der Waals surface area contributed by atoms with E-state index in [0.29, 0.717) is 25.8 Å². The van der Waals surface area contributed by atoms with Crippen molar-refractivity contribution >= 4 is 12.1 Å². The van der Waals surface area contributed by atoms with Gasteiger partial charge in [-0.1, -0.05) is 12.7 Å². The van der Waals surface area contributed by atoms with E-state index in [0.717, 1.165) is 4.90 Å². The second-order valence-electron chi connectivity index (χ2n) is 6.27. The Morgan fingerprint density at radius 3 is 2.83 bits per heavy atom. The van der Waals surface area contributed by atoms with Crippen LogP contribution in [0.15, 0.2) is 12.7 Å². The first-order valence-corrected chi connectivity index (χ1v) is 7.78. The second-order valence-corrected chi connectivity index (χ2v) is 6.27. The lowest BCUT2D eigenvalue weighted by molar-refractivity contribution is -0.154. The number of nitrogens with one attached hydrogen (secondary N) is 1. The Labute approximate surface area is 132 Å². The summed E-state index contributed by atoms with van der Waals surface area (Å²) in [5, 5.41) is 2.75. The summed E-state index contributed by atoms with van der Waals surface area (Å²) in [6.45, 7) is 3.45. The summed E-state index contributed by atoms with van der Waals surface area (Å²) in [7, 11) is 0. The largest absolute Gasteiger partial charge is 0.461 e. The Morgan fingerprint density at radius 2 is 2.13 bits per heavy atom. The molecule has 3 fully saturated rings. The minimum atomic E-state index is -2.93. The van der Waals surface area contributed by atoms with Crippen molar-refractivity contribution < 1.29 is 27.8 Å². The lowest BCUT2D eigenvalue weighted by Crippen LogP contribution is -2.44. The highest BCUT2D eigenvalue weighted by molar-refractivity contribution is 5.74. The molecule has 3 aliphatic rings. The molecule has 128 valence electrons. The van der Waals surface area contributed by atoms with Crippen molar-refractivity contribution in [1.29, 1.82) is 0 Å². The lowest BCUT2D eigenvalue weighted by atomic mass is 9.82. The fraction of sp³-hybridized carbons (Fsp3) is 0.733. The molecular formula is C15H20F2N2O4. The van der Waals surface area contributed by atoms with E-state index in [2.05, 4.69) is 11.9 Å². The summed E-state index contributed by atoms with van der Waals surface area (Å²) in [6, 6.07) is -1.51. The third-order valence-corrected chi connectivity index (χ3v) is 4.70. The number of hydrogen-bond acceptors (Lipinski definition) is 5. The van der Waals surface area contributed by atoms with E-state index in [-0.39, 0.29) is 18.5 Å². The third-order valence-electron chi connectivity index (χ3n) is 4.70. The van der Waals surface area contributed by atoms with Crippen molar-refractivity contribution in [1.82, 2.24) is 10.2 Å². The highest BCUT2D eigenvalue weighted by atomic mass is 19.3. The minimum absolute atomic E-state index is 0.152. The normalized spacial score (nSPS) is 34.4. The maximum Gasteiger partial charge on any atom is 0.410 e. The molecule has 1 amide bonds. The Kier molecular flexibility index (Phi) is 4.27. The molecular weight excluding hydrogens is 310 g/mol. The van der Waals surface area contributed by atoms with Crippen LogP contribution in [0.4, 0.5) is 13.6 Å². The number of hydrogen-bond donors (Lipinski definition) is 1. The lowest BCUT2D eigenvalue weighted by Gasteiger charge is -2.34. The summed E-state index contributed by atoms with van der Waals surface area (Å²) in [5.41, 5.74) is 0. The number of rotatable bonds is 4. The predicted molar refractivity (Wildman–Crippen MR) is 76.0 cm³/mol. The molecule has 1 aliphatic carbocycles. The topological polar surface area (TPSA) is 67.9 Å². The number of amides is 1. The molecule has 2 aliphatic heterocycles. The molecule has 23 heavy (non-hydrogen) atoms. The highest BCUT2D eigenvalue weighted by Gasteiger charge is 2.58. The van der Waals surface area contributed by atoms with Gasteiger partial charge in [-0.2, -0.15) is 0 Å². The molecule has 1 N–H and O–H groups in total. The highest BCUT2D eigenvalue weighted by Crippen LogP contribution is 2.38. The van der Waals surface area contributed by atoms with Crippen molar-refractivity contribution in [2.45, 2.75) is 43.4 Å². The molecule has 2 saturated heterocycles. The van der Waals surface area contributed by atoms with Gasteiger partial charge in [-0.3, -0.25) is 9.69 Å². The Bertz CT molecular complexity index is 508. The van der Waals surface area contributed by atoms with Crippen LogP contribution in [-0.4, -0.2) is 60.8 Å². The number of likely N-dealkylation sites (tertiary alicyclic amines) is 1. The average molecular weight is 330 g/mol. The third kappa shape index (κ3) is 3.04. The Morgan fingerprint density at radius 1 is 1.39 bits per heavy atom. The molecule has 2 atom stereocenters. The number of carbonyl (C=O) groups is 2. The van der Waals surface area contributed by atoms with E-state index < -0.39 is 36.7 Å². The number of alkyl halides is 2. The molecule has 2 heterocycles. The minimum Gasteiger partial charge on any atom is -0.461 e. The summed E-state index contributed by atoms with van der Waals surface area (Å²) < 4.78 is 37.9. The number of carbonyl (C=O) groups excluding carboxylic acids is 2. The van der Waals surface area contributed by atoms with Gasteiger partial charge in [0, 0.05) is 0 Å². The van der Waals surface area contributed by atoms with Crippen molar-refractivity contribution in [3.05, 3.63) is 12.7 Å². The van der Waals surface area contributed by atoms with Gasteiger partial charge in [0.2, 0.25) is 0 Å². The van der Waals surface area contributed by atoms with Gasteiger partial charge < -0.3 is 14.8 Å². The summed E-state index contributed by atoms with van der Waals surface area (Å²) >= 11 is 0. The van der Waals surface area contributed by atoms with Gasteiger partial charge in [0.1, 0.15) is 12.7 Å². The molecule has 8 heteroatoms. The van der Waals surface area contributed by atoms with Gasteiger partial charge in [-0.05, 0) is 25.8 Å². The zero-order valence-corrected chi connectivity index (χ0v) is 12.7. The van der Waals surface area contributed by atoms with E-state index in [1.807, 2.05) is 0 Å². The van der Waals surface area contributed by atoms with Crippen molar-refractivity contribution in [3.63, 3.8) is 0 Å². The van der Waals surface area contributed by atoms with Gasteiger partial charge >= 0.3 is 12.1 Å². The van der Waals surface area contributed by atoms with E-state index >= 15 is 0 Å². The molecule has 0 aromatic heterocycles. The van der Waals surface area contributed by atoms with Gasteiger partial charge in [-0.25, -0.2) is 13.6 Å². The maximum absolute atomic E-state index is 13.8. The fourth-order valence-corrected chi connectivity index (χ4v) is 3.42. The van der Waals surface area contributed by atoms with Gasteiger partial charge in [0.05, 0.1) is 24.5 Å². The van der Waals surface area contributed by atoms with Crippen LogP contribution in [0.5, 0.6) is 0 Å². The van der Waals surface area contributed by atoms with Crippen LogP contribution in [0, 0.1) is 5.92 Å². The summed E-state index contributed by atoms with van der Waals surface area (Å²) in [6.07, 6.45) is 1.59. The monoisotopic (exact) mass is 330 g/mol. The van der Waals surface area contributed by atoms with Crippen LogP contribution in [0.2, 0.25) is 0 Å². The molecule has 6 nitrogen and oxygen atoms in total. The molecule has 0 aromatic rings. The van der Waals surface area contributed by atoms with Gasteiger partial charge in [0.25, 0.3) is 5.92 Å².